The van der Waals surface area contributed by atoms with Crippen LogP contribution in [0.1, 0.15) is 25.3 Å². The molecule has 0 aromatic heterocycles. The summed E-state index contributed by atoms with van der Waals surface area (Å²) in [6.07, 6.45) is 4.57. The van der Waals surface area contributed by atoms with Crippen molar-refractivity contribution in [1.29, 1.82) is 5.26 Å². The first-order valence-corrected chi connectivity index (χ1v) is 10.1. The van der Waals surface area contributed by atoms with E-state index in [0.29, 0.717) is 5.69 Å². The fourth-order valence-electron chi connectivity index (χ4n) is 2.36. The molecule has 2 aromatic rings. The van der Waals surface area contributed by atoms with Crippen molar-refractivity contribution in [3.63, 3.8) is 0 Å². The van der Waals surface area contributed by atoms with E-state index in [4.69, 9.17) is 4.55 Å². The number of amides is 1. The monoisotopic (exact) mass is 399 g/mol. The SMILES string of the molecule is CCCCc1ccc(N/C=C(/C#N)C(=O)Nc2ccc(S(=O)(=O)O)cc2)cc1. The van der Waals surface area contributed by atoms with E-state index in [9.17, 15) is 18.5 Å². The number of hydrogen-bond acceptors (Lipinski definition) is 5. The van der Waals surface area contributed by atoms with Crippen LogP contribution in [0.15, 0.2) is 65.2 Å². The van der Waals surface area contributed by atoms with E-state index in [1.165, 1.54) is 23.9 Å². The van der Waals surface area contributed by atoms with Crippen LogP contribution in [-0.4, -0.2) is 18.9 Å². The van der Waals surface area contributed by atoms with Gasteiger partial charge in [-0.3, -0.25) is 9.35 Å². The first kappa shape index (κ1) is 21.2. The molecule has 8 heteroatoms. The molecule has 0 saturated carbocycles. The minimum atomic E-state index is -4.30. The zero-order valence-electron chi connectivity index (χ0n) is 15.3. The Labute approximate surface area is 164 Å². The molecule has 2 rings (SSSR count). The Kier molecular flexibility index (Phi) is 7.32. The number of unbranched alkanes of at least 4 members (excludes halogenated alkanes) is 1. The Morgan fingerprint density at radius 2 is 1.71 bits per heavy atom. The van der Waals surface area contributed by atoms with Crippen LogP contribution < -0.4 is 10.6 Å². The minimum Gasteiger partial charge on any atom is -0.360 e. The molecule has 0 aliphatic heterocycles. The van der Waals surface area contributed by atoms with Gasteiger partial charge in [0.15, 0.2) is 0 Å². The van der Waals surface area contributed by atoms with Crippen molar-refractivity contribution in [2.45, 2.75) is 31.1 Å². The summed E-state index contributed by atoms with van der Waals surface area (Å²) in [5, 5.41) is 14.6. The number of aryl methyl sites for hydroxylation is 1. The second-order valence-corrected chi connectivity index (χ2v) is 7.49. The van der Waals surface area contributed by atoms with Gasteiger partial charge in [0.05, 0.1) is 4.90 Å². The van der Waals surface area contributed by atoms with Crippen LogP contribution >= 0.6 is 0 Å². The van der Waals surface area contributed by atoms with E-state index < -0.39 is 16.0 Å². The van der Waals surface area contributed by atoms with Gasteiger partial charge in [-0.1, -0.05) is 25.5 Å². The molecule has 0 atom stereocenters. The molecule has 0 spiro atoms. The van der Waals surface area contributed by atoms with Crippen LogP contribution in [0.3, 0.4) is 0 Å². The molecule has 0 heterocycles. The molecule has 0 unspecified atom stereocenters. The number of nitrogens with zero attached hydrogens (tertiary/aromatic N) is 1. The van der Waals surface area contributed by atoms with Gasteiger partial charge in [0.25, 0.3) is 16.0 Å². The van der Waals surface area contributed by atoms with E-state index in [1.807, 2.05) is 30.3 Å². The number of anilines is 2. The average molecular weight is 399 g/mol. The zero-order valence-corrected chi connectivity index (χ0v) is 16.2. The van der Waals surface area contributed by atoms with E-state index in [1.54, 1.807) is 0 Å². The first-order chi connectivity index (χ1) is 13.3. The number of nitriles is 1. The van der Waals surface area contributed by atoms with E-state index in [-0.39, 0.29) is 10.5 Å². The quantitative estimate of drug-likeness (QED) is 0.353. The van der Waals surface area contributed by atoms with Crippen molar-refractivity contribution < 1.29 is 17.8 Å². The molecule has 146 valence electrons. The highest BCUT2D eigenvalue weighted by molar-refractivity contribution is 7.85. The normalized spacial score (nSPS) is 11.5. The third kappa shape index (κ3) is 6.23. The van der Waals surface area contributed by atoms with Crippen LogP contribution in [0, 0.1) is 11.3 Å². The van der Waals surface area contributed by atoms with Crippen molar-refractivity contribution in [2.24, 2.45) is 0 Å². The van der Waals surface area contributed by atoms with Gasteiger partial charge in [-0.15, -0.1) is 0 Å². The Hall–Kier alpha value is -3.15. The summed E-state index contributed by atoms with van der Waals surface area (Å²) in [6.45, 7) is 2.14. The molecule has 0 saturated heterocycles. The molecular weight excluding hydrogens is 378 g/mol. The summed E-state index contributed by atoms with van der Waals surface area (Å²) in [7, 11) is -4.30. The zero-order chi connectivity index (χ0) is 20.6. The molecule has 0 radical (unpaired) electrons. The second kappa shape index (κ2) is 9.69. The Morgan fingerprint density at radius 1 is 1.11 bits per heavy atom. The maximum atomic E-state index is 12.2. The van der Waals surface area contributed by atoms with Crippen LogP contribution in [-0.2, 0) is 21.3 Å². The molecule has 2 aromatic carbocycles. The lowest BCUT2D eigenvalue weighted by Crippen LogP contribution is -2.14. The lowest BCUT2D eigenvalue weighted by Gasteiger charge is -2.06. The van der Waals surface area contributed by atoms with Gasteiger partial charge in [0, 0.05) is 17.6 Å². The lowest BCUT2D eigenvalue weighted by atomic mass is 10.1. The van der Waals surface area contributed by atoms with Crippen molar-refractivity contribution in [3.8, 4) is 6.07 Å². The molecule has 28 heavy (non-hydrogen) atoms. The lowest BCUT2D eigenvalue weighted by molar-refractivity contribution is -0.112. The minimum absolute atomic E-state index is 0.145. The molecule has 0 fully saturated rings. The third-order valence-corrected chi connectivity index (χ3v) is 4.80. The fraction of sp³-hybridized carbons (Fsp3) is 0.200. The third-order valence-electron chi connectivity index (χ3n) is 3.93. The summed E-state index contributed by atoms with van der Waals surface area (Å²) in [5.41, 5.74) is 2.12. The summed E-state index contributed by atoms with van der Waals surface area (Å²) >= 11 is 0. The summed E-state index contributed by atoms with van der Waals surface area (Å²) in [4.78, 5) is 11.9. The summed E-state index contributed by atoms with van der Waals surface area (Å²) < 4.78 is 31.0. The Balaban J connectivity index is 2.01. The van der Waals surface area contributed by atoms with Crippen molar-refractivity contribution >= 4 is 27.4 Å². The number of carbonyl (C=O) groups is 1. The fourth-order valence-corrected chi connectivity index (χ4v) is 2.84. The predicted molar refractivity (Wildman–Crippen MR) is 107 cm³/mol. The van der Waals surface area contributed by atoms with Crippen LogP contribution in [0.5, 0.6) is 0 Å². The van der Waals surface area contributed by atoms with Crippen molar-refractivity contribution in [1.82, 2.24) is 0 Å². The molecule has 7 nitrogen and oxygen atoms in total. The Bertz CT molecular complexity index is 989. The average Bonchev–Trinajstić information content (AvgIpc) is 2.67. The molecular formula is C20H21N3O4S. The molecule has 3 N–H and O–H groups in total. The number of carbonyl (C=O) groups excluding carboxylic acids is 1. The smallest absolute Gasteiger partial charge is 0.294 e. The number of benzene rings is 2. The molecule has 1 amide bonds. The first-order valence-electron chi connectivity index (χ1n) is 8.68. The number of nitrogens with one attached hydrogen (secondary N) is 2. The van der Waals surface area contributed by atoms with Gasteiger partial charge in [-0.2, -0.15) is 13.7 Å². The standard InChI is InChI=1S/C20H21N3O4S/c1-2-3-4-15-5-7-17(8-6-15)22-14-16(13-21)20(24)23-18-9-11-19(12-10-18)28(25,26)27/h5-12,14,22H,2-4H2,1H3,(H,23,24)(H,25,26,27)/b16-14-. The molecule has 0 aliphatic rings. The second-order valence-electron chi connectivity index (χ2n) is 6.07. The van der Waals surface area contributed by atoms with E-state index >= 15 is 0 Å². The highest BCUT2D eigenvalue weighted by Gasteiger charge is 2.12. The largest absolute Gasteiger partial charge is 0.360 e. The Morgan fingerprint density at radius 3 is 2.25 bits per heavy atom. The molecule has 0 aliphatic carbocycles. The summed E-state index contributed by atoms with van der Waals surface area (Å²) in [5.74, 6) is -0.644. The van der Waals surface area contributed by atoms with E-state index in [2.05, 4.69) is 17.6 Å². The highest BCUT2D eigenvalue weighted by atomic mass is 32.2. The predicted octanol–water partition coefficient (Wildman–Crippen LogP) is 3.73. The van der Waals surface area contributed by atoms with Gasteiger partial charge in [0.2, 0.25) is 0 Å². The summed E-state index contributed by atoms with van der Waals surface area (Å²) in [6, 6.07) is 14.5. The van der Waals surface area contributed by atoms with Gasteiger partial charge in [-0.25, -0.2) is 0 Å². The maximum absolute atomic E-state index is 12.2. The maximum Gasteiger partial charge on any atom is 0.294 e. The van der Waals surface area contributed by atoms with Crippen LogP contribution in [0.4, 0.5) is 11.4 Å². The van der Waals surface area contributed by atoms with Crippen LogP contribution in [0.25, 0.3) is 0 Å². The van der Waals surface area contributed by atoms with Gasteiger partial charge >= 0.3 is 0 Å². The van der Waals surface area contributed by atoms with E-state index in [0.717, 1.165) is 37.1 Å². The van der Waals surface area contributed by atoms with Gasteiger partial charge < -0.3 is 10.6 Å². The van der Waals surface area contributed by atoms with Crippen molar-refractivity contribution in [2.75, 3.05) is 10.6 Å². The number of hydrogen-bond donors (Lipinski definition) is 3. The van der Waals surface area contributed by atoms with Crippen molar-refractivity contribution in [3.05, 3.63) is 65.9 Å². The molecule has 0 bridgehead atoms. The van der Waals surface area contributed by atoms with Crippen LogP contribution in [0.2, 0.25) is 0 Å². The highest BCUT2D eigenvalue weighted by Crippen LogP contribution is 2.15. The van der Waals surface area contributed by atoms with Gasteiger partial charge in [-0.05, 0) is 54.8 Å². The topological polar surface area (TPSA) is 119 Å². The van der Waals surface area contributed by atoms with Gasteiger partial charge in [0.1, 0.15) is 11.6 Å². The number of rotatable bonds is 8.